The number of thiazole rings is 1. The first-order valence-electron chi connectivity index (χ1n) is 5.29. The fourth-order valence-electron chi connectivity index (χ4n) is 1.80. The zero-order valence-corrected chi connectivity index (χ0v) is 11.9. The van der Waals surface area contributed by atoms with E-state index in [0.717, 1.165) is 21.0 Å². The van der Waals surface area contributed by atoms with Gasteiger partial charge in [0, 0.05) is 17.3 Å². The summed E-state index contributed by atoms with van der Waals surface area (Å²) in [5, 5.41) is 1.65. The van der Waals surface area contributed by atoms with Gasteiger partial charge in [-0.25, -0.2) is 9.97 Å². The second kappa shape index (κ2) is 4.46. The third-order valence-electron chi connectivity index (χ3n) is 2.56. The number of H-pyrrole nitrogens is 1. The van der Waals surface area contributed by atoms with E-state index in [2.05, 4.69) is 15.0 Å². The Balaban J connectivity index is 2.11. The summed E-state index contributed by atoms with van der Waals surface area (Å²) in [5.74, 6) is 0. The summed E-state index contributed by atoms with van der Waals surface area (Å²) in [7, 11) is 0. The molecule has 0 bridgehead atoms. The minimum absolute atomic E-state index is 0.597. The molecule has 3 rings (SSSR count). The first kappa shape index (κ1) is 11.8. The zero-order valence-electron chi connectivity index (χ0n) is 9.48. The molecule has 0 saturated carbocycles. The fourth-order valence-corrected chi connectivity index (χ4v) is 3.00. The molecule has 0 aromatic carbocycles. The summed E-state index contributed by atoms with van der Waals surface area (Å²) in [6, 6.07) is 1.83. The van der Waals surface area contributed by atoms with Gasteiger partial charge in [-0.05, 0) is 25.2 Å². The van der Waals surface area contributed by atoms with Gasteiger partial charge in [-0.1, -0.05) is 11.6 Å². The lowest BCUT2D eigenvalue weighted by molar-refractivity contribution is 0.811. The number of fused-ring (bicyclic) bond motifs is 1. The average Bonchev–Trinajstić information content (AvgIpc) is 2.84. The summed E-state index contributed by atoms with van der Waals surface area (Å²) >= 11 is 12.9. The monoisotopic (exact) mass is 296 g/mol. The number of rotatable bonds is 2. The molecule has 92 valence electrons. The largest absolute Gasteiger partial charge is 0.329 e. The summed E-state index contributed by atoms with van der Waals surface area (Å²) in [6.45, 7) is 2.67. The molecular formula is C11H9ClN4S2. The fraction of sp³-hybridized carbons (Fsp3) is 0.182. The minimum Gasteiger partial charge on any atom is -0.329 e. The van der Waals surface area contributed by atoms with Crippen LogP contribution in [0.2, 0.25) is 5.02 Å². The summed E-state index contributed by atoms with van der Waals surface area (Å²) in [4.78, 5) is 12.8. The van der Waals surface area contributed by atoms with E-state index >= 15 is 0 Å². The van der Waals surface area contributed by atoms with Crippen LogP contribution >= 0.6 is 35.2 Å². The van der Waals surface area contributed by atoms with E-state index in [9.17, 15) is 0 Å². The van der Waals surface area contributed by atoms with Crippen LogP contribution in [0.4, 0.5) is 0 Å². The quantitative estimate of drug-likeness (QED) is 0.736. The Morgan fingerprint density at radius 2 is 2.28 bits per heavy atom. The molecule has 0 spiro atoms. The lowest BCUT2D eigenvalue weighted by Gasteiger charge is -2.00. The van der Waals surface area contributed by atoms with Gasteiger partial charge in [-0.15, -0.1) is 11.3 Å². The van der Waals surface area contributed by atoms with Gasteiger partial charge in [0.2, 0.25) is 0 Å². The molecule has 0 fully saturated rings. The van der Waals surface area contributed by atoms with Crippen molar-refractivity contribution in [1.82, 2.24) is 19.5 Å². The molecule has 0 aliphatic carbocycles. The van der Waals surface area contributed by atoms with Crippen LogP contribution in [0.1, 0.15) is 9.88 Å². The first-order chi connectivity index (χ1) is 8.63. The molecule has 0 unspecified atom stereocenters. The average molecular weight is 297 g/mol. The standard InChI is InChI=1S/C11H9ClN4S2/c1-6-13-4-8(18-6)5-16-10-9(15-11(16)17)2-7(12)3-14-10/h2-4H,5H2,1H3,(H,15,17). The van der Waals surface area contributed by atoms with E-state index in [-0.39, 0.29) is 0 Å². The van der Waals surface area contributed by atoms with Crippen LogP contribution in [0.5, 0.6) is 0 Å². The number of nitrogens with one attached hydrogen (secondary N) is 1. The highest BCUT2D eigenvalue weighted by atomic mass is 35.5. The molecule has 0 amide bonds. The van der Waals surface area contributed by atoms with Crippen molar-refractivity contribution in [1.29, 1.82) is 0 Å². The van der Waals surface area contributed by atoms with Crippen LogP contribution in [0, 0.1) is 11.7 Å². The van der Waals surface area contributed by atoms with Gasteiger partial charge >= 0.3 is 0 Å². The highest BCUT2D eigenvalue weighted by Crippen LogP contribution is 2.19. The highest BCUT2D eigenvalue weighted by molar-refractivity contribution is 7.71. The lowest BCUT2D eigenvalue weighted by atomic mass is 10.4. The van der Waals surface area contributed by atoms with Gasteiger partial charge in [0.05, 0.1) is 22.1 Å². The van der Waals surface area contributed by atoms with Crippen molar-refractivity contribution < 1.29 is 0 Å². The molecule has 3 aromatic heterocycles. The molecule has 4 nitrogen and oxygen atoms in total. The predicted molar refractivity (Wildman–Crippen MR) is 75.9 cm³/mol. The highest BCUT2D eigenvalue weighted by Gasteiger charge is 2.08. The number of imidazole rings is 1. The van der Waals surface area contributed by atoms with Crippen molar-refractivity contribution in [2.24, 2.45) is 0 Å². The Bertz CT molecular complexity index is 771. The van der Waals surface area contributed by atoms with E-state index in [1.165, 1.54) is 0 Å². The Morgan fingerprint density at radius 3 is 3.00 bits per heavy atom. The number of aromatic amines is 1. The Labute approximate surface area is 117 Å². The van der Waals surface area contributed by atoms with Crippen molar-refractivity contribution in [3.8, 4) is 0 Å². The van der Waals surface area contributed by atoms with Crippen LogP contribution in [-0.4, -0.2) is 19.5 Å². The number of pyridine rings is 1. The van der Waals surface area contributed by atoms with Crippen molar-refractivity contribution in [2.45, 2.75) is 13.5 Å². The second-order valence-corrected chi connectivity index (χ2v) is 6.03. The maximum Gasteiger partial charge on any atom is 0.179 e. The third-order valence-corrected chi connectivity index (χ3v) is 3.99. The number of aryl methyl sites for hydroxylation is 1. The zero-order chi connectivity index (χ0) is 12.7. The van der Waals surface area contributed by atoms with Crippen molar-refractivity contribution in [3.05, 3.63) is 38.1 Å². The minimum atomic E-state index is 0.597. The van der Waals surface area contributed by atoms with Gasteiger partial charge in [-0.2, -0.15) is 0 Å². The van der Waals surface area contributed by atoms with E-state index < -0.39 is 0 Å². The van der Waals surface area contributed by atoms with Crippen LogP contribution < -0.4 is 0 Å². The van der Waals surface area contributed by atoms with Gasteiger partial charge < -0.3 is 4.98 Å². The normalized spacial score (nSPS) is 11.2. The van der Waals surface area contributed by atoms with Crippen molar-refractivity contribution in [3.63, 3.8) is 0 Å². The van der Waals surface area contributed by atoms with E-state index in [0.29, 0.717) is 16.3 Å². The SMILES string of the molecule is Cc1ncc(Cn2c(=S)[nH]c3cc(Cl)cnc32)s1. The number of aromatic nitrogens is 4. The molecule has 0 atom stereocenters. The van der Waals surface area contributed by atoms with Gasteiger partial charge in [0.15, 0.2) is 10.4 Å². The van der Waals surface area contributed by atoms with E-state index in [1.807, 2.05) is 23.8 Å². The molecule has 0 saturated heterocycles. The molecule has 0 radical (unpaired) electrons. The lowest BCUT2D eigenvalue weighted by Crippen LogP contribution is -1.98. The predicted octanol–water partition coefficient (Wildman–Crippen LogP) is 3.56. The van der Waals surface area contributed by atoms with Gasteiger partial charge in [0.25, 0.3) is 0 Å². The van der Waals surface area contributed by atoms with Gasteiger partial charge in [0.1, 0.15) is 0 Å². The summed E-state index contributed by atoms with van der Waals surface area (Å²) in [5.41, 5.74) is 1.67. The van der Waals surface area contributed by atoms with Gasteiger partial charge in [-0.3, -0.25) is 4.57 Å². The smallest absolute Gasteiger partial charge is 0.179 e. The van der Waals surface area contributed by atoms with Crippen LogP contribution in [0.3, 0.4) is 0 Å². The molecule has 0 aliphatic heterocycles. The number of nitrogens with zero attached hydrogens (tertiary/aromatic N) is 3. The molecule has 0 aliphatic rings. The van der Waals surface area contributed by atoms with E-state index in [1.54, 1.807) is 17.5 Å². The summed E-state index contributed by atoms with van der Waals surface area (Å²) < 4.78 is 2.60. The van der Waals surface area contributed by atoms with E-state index in [4.69, 9.17) is 23.8 Å². The van der Waals surface area contributed by atoms with Crippen molar-refractivity contribution >= 4 is 46.3 Å². The second-order valence-electron chi connectivity index (χ2n) is 3.89. The summed E-state index contributed by atoms with van der Waals surface area (Å²) in [6.07, 6.45) is 3.50. The Kier molecular flexibility index (Phi) is 2.93. The van der Waals surface area contributed by atoms with Crippen LogP contribution in [-0.2, 0) is 6.54 Å². The van der Waals surface area contributed by atoms with Crippen LogP contribution in [0.25, 0.3) is 11.2 Å². The molecule has 3 aromatic rings. The third kappa shape index (κ3) is 2.07. The first-order valence-corrected chi connectivity index (χ1v) is 6.89. The Hall–Kier alpha value is -1.24. The molecule has 7 heteroatoms. The Morgan fingerprint density at radius 1 is 1.44 bits per heavy atom. The number of hydrogen-bond acceptors (Lipinski definition) is 4. The van der Waals surface area contributed by atoms with Crippen molar-refractivity contribution in [2.75, 3.05) is 0 Å². The molecule has 3 heterocycles. The topological polar surface area (TPSA) is 46.5 Å². The number of halogens is 1. The maximum atomic E-state index is 5.91. The van der Waals surface area contributed by atoms with Crippen LogP contribution in [0.15, 0.2) is 18.5 Å². The molecule has 1 N–H and O–H groups in total. The molecule has 18 heavy (non-hydrogen) atoms. The molecular weight excluding hydrogens is 288 g/mol. The number of hydrogen-bond donors (Lipinski definition) is 1. The maximum absolute atomic E-state index is 5.91.